The molecule has 4 nitrogen and oxygen atoms in total. The summed E-state index contributed by atoms with van der Waals surface area (Å²) in [5.41, 5.74) is 1.01. The third kappa shape index (κ3) is 5.77. The van der Waals surface area contributed by atoms with Crippen molar-refractivity contribution in [3.63, 3.8) is 0 Å². The minimum atomic E-state index is -3.64. The lowest BCUT2D eigenvalue weighted by atomic mass is 10.2. The Morgan fingerprint density at radius 2 is 1.74 bits per heavy atom. The predicted octanol–water partition coefficient (Wildman–Crippen LogP) is 2.48. The molecule has 0 N–H and O–H groups in total. The van der Waals surface area contributed by atoms with Gasteiger partial charge in [0.25, 0.3) is 10.1 Å². The van der Waals surface area contributed by atoms with Crippen LogP contribution in [0.4, 0.5) is 0 Å². The van der Waals surface area contributed by atoms with E-state index in [-0.39, 0.29) is 11.5 Å². The van der Waals surface area contributed by atoms with Crippen LogP contribution < -0.4 is 0 Å². The maximum atomic E-state index is 11.8. The van der Waals surface area contributed by atoms with E-state index in [0.717, 1.165) is 18.4 Å². The number of rotatable bonds is 8. The van der Waals surface area contributed by atoms with E-state index < -0.39 is 10.1 Å². The first kappa shape index (κ1) is 15.5. The van der Waals surface area contributed by atoms with Crippen LogP contribution in [-0.2, 0) is 19.0 Å². The molecule has 1 aromatic carbocycles. The number of benzene rings is 1. The number of ether oxygens (including phenoxy) is 1. The average molecular weight is 282 g/mol. The molecule has 5 heteroatoms. The summed E-state index contributed by atoms with van der Waals surface area (Å²) in [6.45, 7) is 2.56. The van der Waals surface area contributed by atoms with E-state index in [1.54, 1.807) is 24.3 Å². The lowest BCUT2D eigenvalue weighted by molar-refractivity contribution is 0.257. The fourth-order valence-electron chi connectivity index (χ4n) is 1.45. The van der Waals surface area contributed by atoms with E-state index in [2.05, 4.69) is 6.11 Å². The van der Waals surface area contributed by atoms with Crippen molar-refractivity contribution in [2.75, 3.05) is 13.2 Å². The molecule has 0 saturated carbocycles. The Labute approximate surface area is 114 Å². The number of terminal acetylenes is 1. The third-order valence-corrected chi connectivity index (χ3v) is 3.85. The molecule has 0 amide bonds. The fraction of sp³-hybridized carbons (Fsp3) is 0.429. The SMILES string of the molecule is C#COCCCCCOS(=O)(=O)c1ccc(C)cc1. The molecule has 1 rings (SSSR count). The highest BCUT2D eigenvalue weighted by Crippen LogP contribution is 2.13. The van der Waals surface area contributed by atoms with Gasteiger partial charge in [-0.25, -0.2) is 0 Å². The Hall–Kier alpha value is -1.51. The minimum Gasteiger partial charge on any atom is -0.447 e. The third-order valence-electron chi connectivity index (χ3n) is 2.52. The van der Waals surface area contributed by atoms with Crippen LogP contribution in [-0.4, -0.2) is 21.6 Å². The van der Waals surface area contributed by atoms with Crippen molar-refractivity contribution in [1.29, 1.82) is 0 Å². The highest BCUT2D eigenvalue weighted by Gasteiger charge is 2.14. The molecule has 0 aliphatic carbocycles. The number of hydrogen-bond acceptors (Lipinski definition) is 4. The molecule has 0 saturated heterocycles. The summed E-state index contributed by atoms with van der Waals surface area (Å²) in [5, 5.41) is 0. The first-order chi connectivity index (χ1) is 9.06. The minimum absolute atomic E-state index is 0.173. The fourth-order valence-corrected chi connectivity index (χ4v) is 2.40. The smallest absolute Gasteiger partial charge is 0.296 e. The maximum absolute atomic E-state index is 11.8. The molecule has 104 valence electrons. The summed E-state index contributed by atoms with van der Waals surface area (Å²) in [6, 6.07) is 6.58. The van der Waals surface area contributed by atoms with Gasteiger partial charge in [0, 0.05) is 0 Å². The van der Waals surface area contributed by atoms with Crippen molar-refractivity contribution in [3.05, 3.63) is 29.8 Å². The quantitative estimate of drug-likeness (QED) is 0.417. The Bertz CT molecular complexity index is 511. The van der Waals surface area contributed by atoms with Crippen LogP contribution in [0.15, 0.2) is 29.2 Å². The van der Waals surface area contributed by atoms with Gasteiger partial charge in [-0.3, -0.25) is 4.18 Å². The zero-order valence-corrected chi connectivity index (χ0v) is 11.8. The largest absolute Gasteiger partial charge is 0.447 e. The van der Waals surface area contributed by atoms with Gasteiger partial charge in [0.1, 0.15) is 12.7 Å². The van der Waals surface area contributed by atoms with Crippen LogP contribution in [0.3, 0.4) is 0 Å². The van der Waals surface area contributed by atoms with Crippen molar-refractivity contribution in [2.24, 2.45) is 0 Å². The summed E-state index contributed by atoms with van der Waals surface area (Å²) >= 11 is 0. The van der Waals surface area contributed by atoms with Crippen LogP contribution in [0, 0.1) is 19.5 Å². The van der Waals surface area contributed by atoms with Crippen LogP contribution in [0.5, 0.6) is 0 Å². The second-order valence-corrected chi connectivity index (χ2v) is 5.73. The summed E-state index contributed by atoms with van der Waals surface area (Å²) in [7, 11) is -3.64. The summed E-state index contributed by atoms with van der Waals surface area (Å²) < 4.78 is 33.3. The molecule has 0 heterocycles. The van der Waals surface area contributed by atoms with Gasteiger partial charge in [-0.05, 0) is 38.3 Å². The van der Waals surface area contributed by atoms with Gasteiger partial charge in [-0.2, -0.15) is 8.42 Å². The molecular formula is C14H18O4S. The lowest BCUT2D eigenvalue weighted by Gasteiger charge is -2.05. The molecule has 0 unspecified atom stereocenters. The van der Waals surface area contributed by atoms with Gasteiger partial charge in [0.15, 0.2) is 0 Å². The van der Waals surface area contributed by atoms with Gasteiger partial charge in [-0.1, -0.05) is 24.1 Å². The van der Waals surface area contributed by atoms with E-state index >= 15 is 0 Å². The van der Waals surface area contributed by atoms with Gasteiger partial charge in [0.05, 0.1) is 11.5 Å². The second-order valence-electron chi connectivity index (χ2n) is 4.12. The number of hydrogen-bond donors (Lipinski definition) is 0. The van der Waals surface area contributed by atoms with E-state index in [0.29, 0.717) is 13.0 Å². The molecular weight excluding hydrogens is 264 g/mol. The van der Waals surface area contributed by atoms with E-state index in [4.69, 9.17) is 15.3 Å². The topological polar surface area (TPSA) is 52.6 Å². The molecule has 0 spiro atoms. The predicted molar refractivity (Wildman–Crippen MR) is 73.0 cm³/mol. The molecule has 0 aliphatic heterocycles. The van der Waals surface area contributed by atoms with Crippen LogP contribution in [0.25, 0.3) is 0 Å². The van der Waals surface area contributed by atoms with Crippen LogP contribution in [0.2, 0.25) is 0 Å². The summed E-state index contributed by atoms with van der Waals surface area (Å²) in [4.78, 5) is 0.189. The van der Waals surface area contributed by atoms with Gasteiger partial charge in [-0.15, -0.1) is 0 Å². The molecule has 0 radical (unpaired) electrons. The van der Waals surface area contributed by atoms with E-state index in [1.165, 1.54) is 0 Å². The molecule has 1 aromatic rings. The lowest BCUT2D eigenvalue weighted by Crippen LogP contribution is -2.07. The number of aryl methyl sites for hydroxylation is 1. The van der Waals surface area contributed by atoms with Gasteiger partial charge >= 0.3 is 0 Å². The monoisotopic (exact) mass is 282 g/mol. The van der Waals surface area contributed by atoms with Crippen LogP contribution >= 0.6 is 0 Å². The molecule has 0 aromatic heterocycles. The molecule has 0 bridgehead atoms. The van der Waals surface area contributed by atoms with Crippen molar-refractivity contribution in [2.45, 2.75) is 31.1 Å². The van der Waals surface area contributed by atoms with Crippen molar-refractivity contribution >= 4 is 10.1 Å². The van der Waals surface area contributed by atoms with E-state index in [9.17, 15) is 8.42 Å². The van der Waals surface area contributed by atoms with Gasteiger partial charge < -0.3 is 4.74 Å². The maximum Gasteiger partial charge on any atom is 0.296 e. The standard InChI is InChI=1S/C14H18O4S/c1-3-17-11-5-4-6-12-18-19(15,16)14-9-7-13(2)8-10-14/h1,7-10H,4-6,11-12H2,2H3. The molecule has 19 heavy (non-hydrogen) atoms. The first-order valence-corrected chi connectivity index (χ1v) is 7.50. The Kier molecular flexibility index (Phi) is 6.40. The number of unbranched alkanes of at least 4 members (excludes halogenated alkanes) is 2. The Balaban J connectivity index is 2.32. The summed E-state index contributed by atoms with van der Waals surface area (Å²) in [6.07, 6.45) is 9.26. The molecule has 0 aliphatic rings. The van der Waals surface area contributed by atoms with E-state index in [1.807, 2.05) is 6.92 Å². The van der Waals surface area contributed by atoms with Crippen molar-refractivity contribution in [3.8, 4) is 12.5 Å². The molecule has 0 fully saturated rings. The molecule has 0 atom stereocenters. The first-order valence-electron chi connectivity index (χ1n) is 6.10. The summed E-state index contributed by atoms with van der Waals surface area (Å²) in [5.74, 6) is 0. The highest BCUT2D eigenvalue weighted by molar-refractivity contribution is 7.86. The van der Waals surface area contributed by atoms with Crippen LogP contribution in [0.1, 0.15) is 24.8 Å². The Morgan fingerprint density at radius 3 is 2.37 bits per heavy atom. The zero-order chi connectivity index (χ0) is 14.1. The highest BCUT2D eigenvalue weighted by atomic mass is 32.2. The Morgan fingerprint density at radius 1 is 1.11 bits per heavy atom. The normalized spacial score (nSPS) is 10.9. The average Bonchev–Trinajstić information content (AvgIpc) is 2.38. The van der Waals surface area contributed by atoms with Gasteiger partial charge in [0.2, 0.25) is 0 Å². The second kappa shape index (κ2) is 7.82. The van der Waals surface area contributed by atoms with Crippen molar-refractivity contribution in [1.82, 2.24) is 0 Å². The zero-order valence-electron chi connectivity index (χ0n) is 11.0. The van der Waals surface area contributed by atoms with Crippen molar-refractivity contribution < 1.29 is 17.3 Å².